The molecule has 22 heavy (non-hydrogen) atoms. The summed E-state index contributed by atoms with van der Waals surface area (Å²) < 4.78 is 0. The SMILES string of the molecule is C=CCN=C(N)Nc1nc(-c2csc(CNC(C)=O)n2)cs1. The van der Waals surface area contributed by atoms with Gasteiger partial charge >= 0.3 is 0 Å². The van der Waals surface area contributed by atoms with Crippen LogP contribution in [0.15, 0.2) is 28.4 Å². The minimum Gasteiger partial charge on any atom is -0.370 e. The summed E-state index contributed by atoms with van der Waals surface area (Å²) in [5, 5.41) is 10.9. The summed E-state index contributed by atoms with van der Waals surface area (Å²) >= 11 is 2.90. The van der Waals surface area contributed by atoms with Crippen LogP contribution in [0, 0.1) is 0 Å². The van der Waals surface area contributed by atoms with E-state index in [-0.39, 0.29) is 5.91 Å². The van der Waals surface area contributed by atoms with Gasteiger partial charge in [-0.2, -0.15) is 0 Å². The van der Waals surface area contributed by atoms with E-state index in [4.69, 9.17) is 5.73 Å². The Hall–Kier alpha value is -2.26. The van der Waals surface area contributed by atoms with E-state index in [2.05, 4.69) is 32.2 Å². The maximum Gasteiger partial charge on any atom is 0.217 e. The monoisotopic (exact) mass is 336 g/mol. The Morgan fingerprint density at radius 2 is 2.14 bits per heavy atom. The maximum absolute atomic E-state index is 10.9. The van der Waals surface area contributed by atoms with E-state index in [1.165, 1.54) is 29.6 Å². The third-order valence-electron chi connectivity index (χ3n) is 2.43. The van der Waals surface area contributed by atoms with Crippen LogP contribution in [0.5, 0.6) is 0 Å². The molecular formula is C13H16N6OS2. The van der Waals surface area contributed by atoms with Gasteiger partial charge in [0.2, 0.25) is 5.91 Å². The highest BCUT2D eigenvalue weighted by molar-refractivity contribution is 7.14. The number of carbonyl (C=O) groups excluding carboxylic acids is 1. The molecule has 2 heterocycles. The molecule has 0 atom stereocenters. The van der Waals surface area contributed by atoms with Crippen LogP contribution in [-0.4, -0.2) is 28.4 Å². The smallest absolute Gasteiger partial charge is 0.217 e. The van der Waals surface area contributed by atoms with Crippen LogP contribution < -0.4 is 16.4 Å². The fraction of sp³-hybridized carbons (Fsp3) is 0.231. The lowest BCUT2D eigenvalue weighted by molar-refractivity contribution is -0.119. The van der Waals surface area contributed by atoms with Gasteiger partial charge in [0.25, 0.3) is 0 Å². The van der Waals surface area contributed by atoms with Gasteiger partial charge in [0.1, 0.15) is 16.4 Å². The van der Waals surface area contributed by atoms with E-state index in [9.17, 15) is 4.79 Å². The number of nitrogens with one attached hydrogen (secondary N) is 2. The fourth-order valence-corrected chi connectivity index (χ4v) is 2.91. The number of rotatable bonds is 6. The van der Waals surface area contributed by atoms with Crippen LogP contribution in [0.3, 0.4) is 0 Å². The number of amides is 1. The molecule has 0 aliphatic heterocycles. The summed E-state index contributed by atoms with van der Waals surface area (Å²) in [7, 11) is 0. The first-order valence-electron chi connectivity index (χ1n) is 6.41. The molecule has 1 amide bonds. The molecule has 0 aliphatic rings. The largest absolute Gasteiger partial charge is 0.370 e. The van der Waals surface area contributed by atoms with Gasteiger partial charge in [-0.25, -0.2) is 15.0 Å². The number of hydrogen-bond acceptors (Lipinski definition) is 6. The van der Waals surface area contributed by atoms with Gasteiger partial charge < -0.3 is 16.4 Å². The first-order chi connectivity index (χ1) is 10.6. The molecule has 0 saturated heterocycles. The summed E-state index contributed by atoms with van der Waals surface area (Å²) in [4.78, 5) is 23.8. The topological polar surface area (TPSA) is 105 Å². The average molecular weight is 336 g/mol. The number of aliphatic imine (C=N–C) groups is 1. The van der Waals surface area contributed by atoms with Crippen molar-refractivity contribution in [1.29, 1.82) is 0 Å². The van der Waals surface area contributed by atoms with Gasteiger partial charge in [-0.3, -0.25) is 4.79 Å². The number of carbonyl (C=O) groups is 1. The number of hydrogen-bond donors (Lipinski definition) is 3. The molecule has 2 aromatic heterocycles. The second kappa shape index (κ2) is 7.66. The molecule has 0 aliphatic carbocycles. The van der Waals surface area contributed by atoms with Crippen LogP contribution in [-0.2, 0) is 11.3 Å². The Morgan fingerprint density at radius 3 is 2.86 bits per heavy atom. The first-order valence-corrected chi connectivity index (χ1v) is 8.17. The lowest BCUT2D eigenvalue weighted by Crippen LogP contribution is -2.22. The Morgan fingerprint density at radius 1 is 1.41 bits per heavy atom. The average Bonchev–Trinajstić information content (AvgIpc) is 3.11. The third-order valence-corrected chi connectivity index (χ3v) is 4.04. The summed E-state index contributed by atoms with van der Waals surface area (Å²) in [6.07, 6.45) is 1.66. The van der Waals surface area contributed by atoms with E-state index >= 15 is 0 Å². The highest BCUT2D eigenvalue weighted by atomic mass is 32.1. The van der Waals surface area contributed by atoms with Crippen LogP contribution in [0.2, 0.25) is 0 Å². The Bertz CT molecular complexity index is 690. The minimum atomic E-state index is -0.0776. The molecule has 2 aromatic rings. The number of nitrogens with zero attached hydrogens (tertiary/aromatic N) is 3. The Kier molecular flexibility index (Phi) is 5.61. The number of aromatic nitrogens is 2. The van der Waals surface area contributed by atoms with Crippen molar-refractivity contribution in [1.82, 2.24) is 15.3 Å². The van der Waals surface area contributed by atoms with Gasteiger partial charge in [0, 0.05) is 17.7 Å². The number of nitrogens with two attached hydrogens (primary N) is 1. The number of thiazole rings is 2. The Balaban J connectivity index is 2.02. The van der Waals surface area contributed by atoms with Crippen molar-refractivity contribution in [2.45, 2.75) is 13.5 Å². The molecule has 0 radical (unpaired) electrons. The minimum absolute atomic E-state index is 0.0776. The summed E-state index contributed by atoms with van der Waals surface area (Å²) in [6, 6.07) is 0. The van der Waals surface area contributed by atoms with Crippen molar-refractivity contribution in [3.8, 4) is 11.4 Å². The van der Waals surface area contributed by atoms with Crippen LogP contribution in [0.1, 0.15) is 11.9 Å². The van der Waals surface area contributed by atoms with E-state index in [1.807, 2.05) is 10.8 Å². The zero-order valence-electron chi connectivity index (χ0n) is 12.0. The summed E-state index contributed by atoms with van der Waals surface area (Å²) in [5.74, 6) is 0.219. The molecule has 0 fully saturated rings. The van der Waals surface area contributed by atoms with Crippen LogP contribution in [0.4, 0.5) is 5.13 Å². The van der Waals surface area contributed by atoms with Gasteiger partial charge in [-0.05, 0) is 0 Å². The number of anilines is 1. The predicted molar refractivity (Wildman–Crippen MR) is 91.1 cm³/mol. The van der Waals surface area contributed by atoms with Crippen molar-refractivity contribution in [3.63, 3.8) is 0 Å². The van der Waals surface area contributed by atoms with E-state index in [0.29, 0.717) is 24.2 Å². The highest BCUT2D eigenvalue weighted by Gasteiger charge is 2.09. The summed E-state index contributed by atoms with van der Waals surface area (Å²) in [6.45, 7) is 5.93. The van der Waals surface area contributed by atoms with Gasteiger partial charge in [0.05, 0.1) is 13.1 Å². The standard InChI is InChI=1S/C13H16N6OS2/c1-3-4-15-12(14)19-13-18-10(7-22-13)9-6-21-11(17-9)5-16-8(2)20/h3,6-7H,1,4-5H2,2H3,(H,16,20)(H3,14,15,18,19). The molecule has 9 heteroatoms. The zero-order valence-corrected chi connectivity index (χ0v) is 13.6. The second-order valence-corrected chi connectivity index (χ2v) is 6.01. The molecule has 116 valence electrons. The fourth-order valence-electron chi connectivity index (χ4n) is 1.47. The van der Waals surface area contributed by atoms with Gasteiger partial charge in [-0.15, -0.1) is 29.3 Å². The van der Waals surface area contributed by atoms with E-state index < -0.39 is 0 Å². The molecule has 0 saturated carbocycles. The molecule has 0 unspecified atom stereocenters. The highest BCUT2D eigenvalue weighted by Crippen LogP contribution is 2.26. The molecule has 2 rings (SSSR count). The first kappa shape index (κ1) is 16.1. The number of guanidine groups is 1. The zero-order chi connectivity index (χ0) is 15.9. The molecule has 7 nitrogen and oxygen atoms in total. The maximum atomic E-state index is 10.9. The third kappa shape index (κ3) is 4.64. The van der Waals surface area contributed by atoms with Crippen molar-refractivity contribution in [2.24, 2.45) is 10.7 Å². The Labute approximate surface area is 136 Å². The molecule has 0 bridgehead atoms. The van der Waals surface area contributed by atoms with Crippen molar-refractivity contribution in [3.05, 3.63) is 28.4 Å². The quantitative estimate of drug-likeness (QED) is 0.424. The van der Waals surface area contributed by atoms with E-state index in [1.54, 1.807) is 6.08 Å². The summed E-state index contributed by atoms with van der Waals surface area (Å²) in [5.41, 5.74) is 7.25. The molecule has 0 aromatic carbocycles. The second-order valence-electron chi connectivity index (χ2n) is 4.21. The van der Waals surface area contributed by atoms with Gasteiger partial charge in [0.15, 0.2) is 11.1 Å². The molecular weight excluding hydrogens is 320 g/mol. The molecule has 4 N–H and O–H groups in total. The lowest BCUT2D eigenvalue weighted by Gasteiger charge is -1.99. The normalized spacial score (nSPS) is 11.2. The van der Waals surface area contributed by atoms with Crippen LogP contribution in [0.25, 0.3) is 11.4 Å². The van der Waals surface area contributed by atoms with E-state index in [0.717, 1.165) is 16.4 Å². The van der Waals surface area contributed by atoms with Gasteiger partial charge in [-0.1, -0.05) is 6.08 Å². The van der Waals surface area contributed by atoms with Crippen LogP contribution >= 0.6 is 22.7 Å². The van der Waals surface area contributed by atoms with Crippen molar-refractivity contribution < 1.29 is 4.79 Å². The molecule has 0 spiro atoms. The van der Waals surface area contributed by atoms with Crippen molar-refractivity contribution in [2.75, 3.05) is 11.9 Å². The lowest BCUT2D eigenvalue weighted by atomic mass is 10.4. The van der Waals surface area contributed by atoms with Crippen molar-refractivity contribution >= 4 is 39.7 Å². The predicted octanol–water partition coefficient (Wildman–Crippen LogP) is 1.82.